The Labute approximate surface area is 134 Å². The van der Waals surface area contributed by atoms with Crippen molar-refractivity contribution in [3.63, 3.8) is 0 Å². The number of pyridine rings is 1. The Morgan fingerprint density at radius 2 is 2.15 bits per heavy atom. The number of hydrogen-bond acceptors (Lipinski definition) is 1. The van der Waals surface area contributed by atoms with Crippen molar-refractivity contribution < 1.29 is 20.1 Å². The van der Waals surface area contributed by atoms with E-state index < -0.39 is 0 Å². The Morgan fingerprint density at radius 1 is 1.30 bits per heavy atom. The van der Waals surface area contributed by atoms with Crippen molar-refractivity contribution in [2.75, 3.05) is 0 Å². The van der Waals surface area contributed by atoms with Crippen LogP contribution in [0.3, 0.4) is 0 Å². The molecule has 2 bridgehead atoms. The molecule has 1 heterocycles. The summed E-state index contributed by atoms with van der Waals surface area (Å²) in [5, 5.41) is 0. The molecule has 5 rings (SSSR count). The van der Waals surface area contributed by atoms with E-state index in [0.717, 1.165) is 23.1 Å². The van der Waals surface area contributed by atoms with Crippen LogP contribution in [0.5, 0.6) is 0 Å². The van der Waals surface area contributed by atoms with Gasteiger partial charge >= 0.3 is 0 Å². The van der Waals surface area contributed by atoms with Crippen molar-refractivity contribution in [3.05, 3.63) is 53.7 Å². The smallest absolute Gasteiger partial charge is 0.0198 e. The predicted octanol–water partition coefficient (Wildman–Crippen LogP) is 4.23. The third-order valence-electron chi connectivity index (χ3n) is 5.32. The molecule has 2 aromatic rings. The van der Waals surface area contributed by atoms with Crippen LogP contribution in [-0.2, 0) is 26.5 Å². The van der Waals surface area contributed by atoms with E-state index in [-0.39, 0.29) is 20.1 Å². The van der Waals surface area contributed by atoms with Gasteiger partial charge in [-0.2, -0.15) is 0 Å². The molecule has 1 aromatic heterocycles. The molecule has 2 heteroatoms. The molecule has 0 saturated heterocycles. The van der Waals surface area contributed by atoms with E-state index in [1.165, 1.54) is 24.0 Å². The fraction of sp³-hybridized carbons (Fsp3) is 0.389. The molecule has 0 unspecified atom stereocenters. The second-order valence-electron chi connectivity index (χ2n) is 6.56. The van der Waals surface area contributed by atoms with E-state index in [1.807, 2.05) is 18.2 Å². The van der Waals surface area contributed by atoms with Crippen LogP contribution in [0.4, 0.5) is 0 Å². The number of nitrogens with zero attached hydrogens (tertiary/aromatic N) is 1. The minimum Gasteiger partial charge on any atom is -0.304 e. The van der Waals surface area contributed by atoms with Crippen LogP contribution < -0.4 is 0 Å². The molecular formula is C18H18IrN-. The molecule has 1 fully saturated rings. The van der Waals surface area contributed by atoms with Crippen molar-refractivity contribution in [2.24, 2.45) is 11.3 Å². The van der Waals surface area contributed by atoms with Crippen LogP contribution in [0.15, 0.2) is 36.5 Å². The first-order valence-corrected chi connectivity index (χ1v) is 7.12. The first-order chi connectivity index (χ1) is 9.16. The Kier molecular flexibility index (Phi) is 3.35. The minimum absolute atomic E-state index is 0. The maximum atomic E-state index is 4.67. The summed E-state index contributed by atoms with van der Waals surface area (Å²) in [6.45, 7) is 4.82. The molecule has 3 aliphatic carbocycles. The van der Waals surface area contributed by atoms with E-state index in [0.29, 0.717) is 5.41 Å². The zero-order valence-electron chi connectivity index (χ0n) is 11.8. The monoisotopic (exact) mass is 441 g/mol. The van der Waals surface area contributed by atoms with Gasteiger partial charge in [-0.05, 0) is 46.9 Å². The average Bonchev–Trinajstić information content (AvgIpc) is 2.46. The van der Waals surface area contributed by atoms with Gasteiger partial charge in [0.05, 0.1) is 0 Å². The van der Waals surface area contributed by atoms with Gasteiger partial charge in [0.25, 0.3) is 0 Å². The van der Waals surface area contributed by atoms with Crippen molar-refractivity contribution in [1.29, 1.82) is 0 Å². The summed E-state index contributed by atoms with van der Waals surface area (Å²) < 4.78 is 0. The second kappa shape index (κ2) is 4.79. The molecular weight excluding hydrogens is 422 g/mol. The van der Waals surface area contributed by atoms with Crippen LogP contribution >= 0.6 is 0 Å². The molecule has 0 N–H and O–H groups in total. The van der Waals surface area contributed by atoms with Crippen molar-refractivity contribution in [3.8, 4) is 11.3 Å². The Morgan fingerprint density at radius 3 is 2.85 bits per heavy atom. The van der Waals surface area contributed by atoms with Gasteiger partial charge in [0.15, 0.2) is 0 Å². The maximum Gasteiger partial charge on any atom is 0.0198 e. The van der Waals surface area contributed by atoms with E-state index in [2.05, 4.69) is 43.2 Å². The Bertz CT molecular complexity index is 633. The molecule has 3 aliphatic rings. The van der Waals surface area contributed by atoms with E-state index in [9.17, 15) is 0 Å². The predicted molar refractivity (Wildman–Crippen MR) is 76.8 cm³/mol. The summed E-state index contributed by atoms with van der Waals surface area (Å²) >= 11 is 0. The van der Waals surface area contributed by atoms with E-state index in [4.69, 9.17) is 0 Å². The summed E-state index contributed by atoms with van der Waals surface area (Å²) in [5.41, 5.74) is 5.66. The van der Waals surface area contributed by atoms with E-state index in [1.54, 1.807) is 0 Å². The summed E-state index contributed by atoms with van der Waals surface area (Å²) in [5.74, 6) is 1.59. The molecule has 105 valence electrons. The summed E-state index contributed by atoms with van der Waals surface area (Å²) in [6.07, 6.45) is 4.70. The quantitative estimate of drug-likeness (QED) is 0.605. The van der Waals surface area contributed by atoms with Crippen molar-refractivity contribution in [2.45, 2.75) is 32.6 Å². The summed E-state index contributed by atoms with van der Waals surface area (Å²) in [6, 6.07) is 13.6. The zero-order chi connectivity index (χ0) is 13.0. The molecule has 1 saturated carbocycles. The normalized spacial score (nSPS) is 25.1. The van der Waals surface area contributed by atoms with Gasteiger partial charge in [-0.3, -0.25) is 0 Å². The van der Waals surface area contributed by atoms with Crippen molar-refractivity contribution in [1.82, 2.24) is 4.98 Å². The van der Waals surface area contributed by atoms with Crippen molar-refractivity contribution >= 4 is 0 Å². The Balaban J connectivity index is 0.00000121. The molecule has 2 atom stereocenters. The van der Waals surface area contributed by atoms with Gasteiger partial charge < -0.3 is 4.98 Å². The number of rotatable bonds is 1. The molecule has 1 aromatic carbocycles. The third kappa shape index (κ3) is 1.89. The SMILES string of the molecule is CC1(C)[C@@H]2Cc3cc(-c4[c-]cccc4)ncc3[C@@H]1C2.[Ir]. The summed E-state index contributed by atoms with van der Waals surface area (Å²) in [7, 11) is 0. The maximum absolute atomic E-state index is 4.67. The molecule has 0 amide bonds. The van der Waals surface area contributed by atoms with Crippen LogP contribution in [0, 0.1) is 17.4 Å². The summed E-state index contributed by atoms with van der Waals surface area (Å²) in [4.78, 5) is 4.67. The van der Waals surface area contributed by atoms with Gasteiger partial charge in [0.2, 0.25) is 0 Å². The third-order valence-corrected chi connectivity index (χ3v) is 5.32. The molecule has 20 heavy (non-hydrogen) atoms. The topological polar surface area (TPSA) is 12.9 Å². The fourth-order valence-electron chi connectivity index (χ4n) is 3.85. The molecule has 1 nitrogen and oxygen atoms in total. The first-order valence-electron chi connectivity index (χ1n) is 7.12. The number of benzene rings is 1. The second-order valence-corrected chi connectivity index (χ2v) is 6.56. The Hall–Kier alpha value is -0.981. The zero-order valence-corrected chi connectivity index (χ0v) is 14.2. The van der Waals surface area contributed by atoms with Crippen LogP contribution in [-0.4, -0.2) is 4.98 Å². The van der Waals surface area contributed by atoms with Gasteiger partial charge in [0.1, 0.15) is 0 Å². The van der Waals surface area contributed by atoms with Crippen LogP contribution in [0.25, 0.3) is 11.3 Å². The van der Waals surface area contributed by atoms with Gasteiger partial charge in [-0.15, -0.1) is 35.9 Å². The van der Waals surface area contributed by atoms with Crippen LogP contribution in [0.1, 0.15) is 37.3 Å². The molecule has 0 aliphatic heterocycles. The minimum atomic E-state index is 0. The van der Waals surface area contributed by atoms with Crippen LogP contribution in [0.2, 0.25) is 0 Å². The van der Waals surface area contributed by atoms with Gasteiger partial charge in [-0.25, -0.2) is 0 Å². The average molecular weight is 441 g/mol. The number of aromatic nitrogens is 1. The van der Waals surface area contributed by atoms with Gasteiger partial charge in [0, 0.05) is 26.3 Å². The van der Waals surface area contributed by atoms with Gasteiger partial charge in [-0.1, -0.05) is 19.9 Å². The number of hydrogen-bond donors (Lipinski definition) is 0. The molecule has 0 spiro atoms. The van der Waals surface area contributed by atoms with E-state index >= 15 is 0 Å². The largest absolute Gasteiger partial charge is 0.304 e. The standard InChI is InChI=1S/C18H18N.Ir/c1-18(2)14-8-13-9-17(12-6-4-3-5-7-12)19-11-15(13)16(18)10-14;/h3-6,9,11,14,16H,8,10H2,1-2H3;/q-1;/t14-,16+;/m1./s1. The fourth-order valence-corrected chi connectivity index (χ4v) is 3.85. The molecule has 1 radical (unpaired) electrons. The first kappa shape index (κ1) is 14.0.